The number of rotatable bonds is 11. The molecule has 0 spiro atoms. The Bertz CT molecular complexity index is 1600. The Morgan fingerprint density at radius 2 is 1.88 bits per heavy atom. The maximum Gasteiger partial charge on any atom is 0.296 e. The van der Waals surface area contributed by atoms with Gasteiger partial charge in [-0.15, -0.1) is 0 Å². The summed E-state index contributed by atoms with van der Waals surface area (Å²) in [6, 6.07) is 11.7. The van der Waals surface area contributed by atoms with E-state index in [1.807, 2.05) is 43.5 Å². The monoisotopic (exact) mass is 557 g/mol. The molecule has 3 aromatic heterocycles. The van der Waals surface area contributed by atoms with Crippen molar-refractivity contribution in [3.05, 3.63) is 88.8 Å². The zero-order valence-corrected chi connectivity index (χ0v) is 23.8. The molecule has 1 unspecified atom stereocenters. The van der Waals surface area contributed by atoms with E-state index >= 15 is 0 Å². The van der Waals surface area contributed by atoms with Gasteiger partial charge in [-0.3, -0.25) is 9.59 Å². The molecule has 4 aromatic rings. The second-order valence-electron chi connectivity index (χ2n) is 10.1. The lowest BCUT2D eigenvalue weighted by molar-refractivity contribution is -0.140. The molecular formula is C32H35N3O6. The molecule has 1 atom stereocenters. The number of imidazole rings is 1. The Hall–Kier alpha value is -4.53. The Balaban J connectivity index is 1.64. The summed E-state index contributed by atoms with van der Waals surface area (Å²) in [7, 11) is 0. The summed E-state index contributed by atoms with van der Waals surface area (Å²) >= 11 is 0. The molecule has 1 fully saturated rings. The maximum atomic E-state index is 13.6. The van der Waals surface area contributed by atoms with Crippen molar-refractivity contribution in [3.8, 4) is 11.5 Å². The number of ketones is 1. The minimum atomic E-state index is -0.904. The fraction of sp³-hybridized carbons (Fsp3) is 0.344. The highest BCUT2D eigenvalue weighted by molar-refractivity contribution is 6.46. The van der Waals surface area contributed by atoms with Crippen LogP contribution in [0.25, 0.3) is 11.4 Å². The highest BCUT2D eigenvalue weighted by Gasteiger charge is 2.47. The number of aliphatic hydroxyl groups is 1. The number of aliphatic hydroxyl groups excluding tert-OH is 1. The molecule has 0 radical (unpaired) electrons. The van der Waals surface area contributed by atoms with Gasteiger partial charge >= 0.3 is 0 Å². The molecule has 1 N–H and O–H groups in total. The highest BCUT2D eigenvalue weighted by Crippen LogP contribution is 2.43. The fourth-order valence-electron chi connectivity index (χ4n) is 5.25. The molecule has 214 valence electrons. The number of carbonyl (C=O) groups is 2. The summed E-state index contributed by atoms with van der Waals surface area (Å²) in [6.45, 7) is 8.76. The van der Waals surface area contributed by atoms with E-state index in [2.05, 4.69) is 11.9 Å². The fourth-order valence-corrected chi connectivity index (χ4v) is 5.25. The van der Waals surface area contributed by atoms with Gasteiger partial charge in [-0.2, -0.15) is 0 Å². The van der Waals surface area contributed by atoms with Crippen molar-refractivity contribution in [1.29, 1.82) is 0 Å². The number of unbranched alkanes of at least 4 members (excludes halogenated alkanes) is 2. The SMILES string of the molecule is CCCCCOc1ccc(C2/C(=C(\O)c3nc4c(C)cccn4c3C)C(=O)C(=O)N2Cc2ccco2)cc1OCC. The van der Waals surface area contributed by atoms with Crippen molar-refractivity contribution in [2.24, 2.45) is 0 Å². The third-order valence-corrected chi connectivity index (χ3v) is 7.34. The molecule has 5 rings (SSSR count). The van der Waals surface area contributed by atoms with Gasteiger partial charge in [0.1, 0.15) is 17.1 Å². The van der Waals surface area contributed by atoms with E-state index in [1.165, 1.54) is 11.2 Å². The van der Waals surface area contributed by atoms with Crippen LogP contribution in [0.15, 0.2) is 64.9 Å². The molecule has 1 amide bonds. The first-order valence-electron chi connectivity index (χ1n) is 14.0. The first-order chi connectivity index (χ1) is 19.8. The summed E-state index contributed by atoms with van der Waals surface area (Å²) in [4.78, 5) is 33.1. The van der Waals surface area contributed by atoms with Crippen LogP contribution in [0.5, 0.6) is 11.5 Å². The largest absolute Gasteiger partial charge is 0.505 e. The first kappa shape index (κ1) is 28.0. The molecule has 1 aromatic carbocycles. The van der Waals surface area contributed by atoms with Gasteiger partial charge in [-0.05, 0) is 68.7 Å². The predicted octanol–water partition coefficient (Wildman–Crippen LogP) is 6.13. The summed E-state index contributed by atoms with van der Waals surface area (Å²) in [5.74, 6) is -0.245. The van der Waals surface area contributed by atoms with Gasteiger partial charge in [-0.25, -0.2) is 4.98 Å². The Labute approximate surface area is 239 Å². The van der Waals surface area contributed by atoms with E-state index in [1.54, 1.807) is 30.3 Å². The van der Waals surface area contributed by atoms with Crippen LogP contribution >= 0.6 is 0 Å². The molecule has 4 heterocycles. The first-order valence-corrected chi connectivity index (χ1v) is 14.0. The number of benzene rings is 1. The Kier molecular flexibility index (Phi) is 8.14. The summed E-state index contributed by atoms with van der Waals surface area (Å²) in [6.07, 6.45) is 6.43. The van der Waals surface area contributed by atoms with E-state index in [-0.39, 0.29) is 23.6 Å². The van der Waals surface area contributed by atoms with Crippen molar-refractivity contribution < 1.29 is 28.6 Å². The van der Waals surface area contributed by atoms with Crippen molar-refractivity contribution >= 4 is 23.1 Å². The van der Waals surface area contributed by atoms with Crippen LogP contribution < -0.4 is 9.47 Å². The number of aromatic nitrogens is 2. The van der Waals surface area contributed by atoms with Gasteiger partial charge in [0.25, 0.3) is 11.7 Å². The van der Waals surface area contributed by atoms with Gasteiger partial charge in [0.05, 0.1) is 43.3 Å². The third-order valence-electron chi connectivity index (χ3n) is 7.34. The zero-order chi connectivity index (χ0) is 29.1. The van der Waals surface area contributed by atoms with Gasteiger partial charge < -0.3 is 28.3 Å². The number of carbonyl (C=O) groups excluding carboxylic acids is 2. The Morgan fingerprint density at radius 3 is 2.59 bits per heavy atom. The van der Waals surface area contributed by atoms with Crippen molar-refractivity contribution in [2.45, 2.75) is 59.5 Å². The number of Topliss-reactive ketones (excluding diaryl/α,β-unsaturated/α-hetero) is 1. The second kappa shape index (κ2) is 11.9. The quantitative estimate of drug-likeness (QED) is 0.102. The Morgan fingerprint density at radius 1 is 1.05 bits per heavy atom. The summed E-state index contributed by atoms with van der Waals surface area (Å²) < 4.78 is 19.3. The van der Waals surface area contributed by atoms with Gasteiger partial charge in [0, 0.05) is 6.20 Å². The van der Waals surface area contributed by atoms with Crippen LogP contribution in [0.2, 0.25) is 0 Å². The number of hydrogen-bond acceptors (Lipinski definition) is 7. The van der Waals surface area contributed by atoms with E-state index in [9.17, 15) is 14.7 Å². The zero-order valence-electron chi connectivity index (χ0n) is 23.8. The third kappa shape index (κ3) is 5.31. The van der Waals surface area contributed by atoms with E-state index in [0.717, 1.165) is 24.8 Å². The van der Waals surface area contributed by atoms with Crippen molar-refractivity contribution in [2.75, 3.05) is 13.2 Å². The van der Waals surface area contributed by atoms with E-state index in [0.29, 0.717) is 47.4 Å². The van der Waals surface area contributed by atoms with Gasteiger partial charge in [0.15, 0.2) is 17.3 Å². The molecular weight excluding hydrogens is 522 g/mol. The predicted molar refractivity (Wildman–Crippen MR) is 154 cm³/mol. The van der Waals surface area contributed by atoms with Crippen LogP contribution in [0, 0.1) is 13.8 Å². The molecule has 41 heavy (non-hydrogen) atoms. The molecule has 0 saturated carbocycles. The van der Waals surface area contributed by atoms with Crippen LogP contribution in [-0.2, 0) is 16.1 Å². The van der Waals surface area contributed by atoms with Crippen LogP contribution in [-0.4, -0.2) is 44.3 Å². The van der Waals surface area contributed by atoms with Gasteiger partial charge in [-0.1, -0.05) is 31.9 Å². The number of pyridine rings is 1. The lowest BCUT2D eigenvalue weighted by Crippen LogP contribution is -2.29. The van der Waals surface area contributed by atoms with E-state index < -0.39 is 17.7 Å². The molecule has 1 saturated heterocycles. The average Bonchev–Trinajstić information content (AvgIpc) is 3.67. The molecule has 9 nitrogen and oxygen atoms in total. The smallest absolute Gasteiger partial charge is 0.296 e. The number of likely N-dealkylation sites (tertiary alicyclic amines) is 1. The topological polar surface area (TPSA) is 107 Å². The van der Waals surface area contributed by atoms with E-state index in [4.69, 9.17) is 13.9 Å². The van der Waals surface area contributed by atoms with Gasteiger partial charge in [0.2, 0.25) is 0 Å². The molecule has 1 aliphatic heterocycles. The minimum Gasteiger partial charge on any atom is -0.505 e. The van der Waals surface area contributed by atoms with Crippen LogP contribution in [0.4, 0.5) is 0 Å². The lowest BCUT2D eigenvalue weighted by Gasteiger charge is -2.25. The minimum absolute atomic E-state index is 0.0372. The number of fused-ring (bicyclic) bond motifs is 1. The molecule has 0 aliphatic carbocycles. The molecule has 9 heteroatoms. The highest BCUT2D eigenvalue weighted by atomic mass is 16.5. The standard InChI is InChI=1S/C32H35N3O6/c1-5-7-8-16-41-24-14-13-22(18-25(24)39-6-2)28-26(30(37)32(38)35(28)19-23-12-10-17-40-23)29(36)27-21(4)34-15-9-11-20(3)31(34)33-27/h9-15,17-18,28,36H,5-8,16,19H2,1-4H3/b29-26+. The number of furan rings is 1. The summed E-state index contributed by atoms with van der Waals surface area (Å²) in [5.41, 5.74) is 3.05. The molecule has 1 aliphatic rings. The second-order valence-corrected chi connectivity index (χ2v) is 10.1. The van der Waals surface area contributed by atoms with Crippen molar-refractivity contribution in [3.63, 3.8) is 0 Å². The number of ether oxygens (including phenoxy) is 2. The molecule has 0 bridgehead atoms. The maximum absolute atomic E-state index is 13.6. The number of aryl methyl sites for hydroxylation is 2. The number of nitrogens with zero attached hydrogens (tertiary/aromatic N) is 3. The number of amides is 1. The number of hydrogen-bond donors (Lipinski definition) is 1. The average molecular weight is 558 g/mol. The normalized spacial score (nSPS) is 16.6. The summed E-state index contributed by atoms with van der Waals surface area (Å²) in [5, 5.41) is 11.7. The van der Waals surface area contributed by atoms with Crippen molar-refractivity contribution in [1.82, 2.24) is 14.3 Å². The lowest BCUT2D eigenvalue weighted by atomic mass is 9.96. The van der Waals surface area contributed by atoms with Crippen LogP contribution in [0.3, 0.4) is 0 Å². The van der Waals surface area contributed by atoms with Crippen LogP contribution in [0.1, 0.15) is 67.4 Å².